The van der Waals surface area contributed by atoms with Gasteiger partial charge in [-0.25, -0.2) is 9.37 Å². The lowest BCUT2D eigenvalue weighted by atomic mass is 10.0. The Morgan fingerprint density at radius 3 is 2.77 bits per heavy atom. The fourth-order valence-electron chi connectivity index (χ4n) is 4.63. The zero-order valence-electron chi connectivity index (χ0n) is 22.6. The number of aryl methyl sites for hydroxylation is 1. The van der Waals surface area contributed by atoms with Crippen LogP contribution in [0, 0.1) is 18.8 Å². The van der Waals surface area contributed by atoms with E-state index in [4.69, 9.17) is 4.74 Å². The number of ether oxygens (including phenoxy) is 1. The molecule has 3 N–H and O–H groups in total. The minimum absolute atomic E-state index is 0.0975. The first kappa shape index (κ1) is 29.4. The van der Waals surface area contributed by atoms with Crippen molar-refractivity contribution in [2.45, 2.75) is 38.2 Å². The van der Waals surface area contributed by atoms with Crippen molar-refractivity contribution in [1.29, 1.82) is 0 Å². The molecule has 2 atom stereocenters. The lowest BCUT2D eigenvalue weighted by Crippen LogP contribution is -2.46. The number of thiophene rings is 1. The van der Waals surface area contributed by atoms with E-state index >= 15 is 0 Å². The van der Waals surface area contributed by atoms with Gasteiger partial charge in [0.25, 0.3) is 5.91 Å². The van der Waals surface area contributed by atoms with Gasteiger partial charge in [-0.2, -0.15) is 13.2 Å². The second-order valence-electron chi connectivity index (χ2n) is 9.66. The standard InChI is InChI=1S/C28H31F4N5O2S/c1-16-7-8-17-18(13-28(30,31)32)24(40-26(17)25(16)36-20-9-11-37(3)15-19(20)29)6-5-10-34-22-14-35-21(27(38)33-2)12-23(22)39-4/h7-8,12,14,19-20,34,36H,9-11,13,15H2,1-4H3,(H,33,38). The Kier molecular flexibility index (Phi) is 9.05. The zero-order valence-corrected chi connectivity index (χ0v) is 23.4. The van der Waals surface area contributed by atoms with Gasteiger partial charge in [0.1, 0.15) is 17.6 Å². The van der Waals surface area contributed by atoms with E-state index in [1.165, 1.54) is 37.8 Å². The third-order valence-corrected chi connectivity index (χ3v) is 7.92. The topological polar surface area (TPSA) is 78.5 Å². The molecule has 1 fully saturated rings. The highest BCUT2D eigenvalue weighted by Crippen LogP contribution is 2.41. The molecule has 214 valence electrons. The van der Waals surface area contributed by atoms with Crippen LogP contribution >= 0.6 is 11.3 Å². The number of aromatic nitrogens is 1. The number of halogens is 4. The Morgan fingerprint density at radius 2 is 2.10 bits per heavy atom. The van der Waals surface area contributed by atoms with Gasteiger partial charge in [0.05, 0.1) is 53.3 Å². The monoisotopic (exact) mass is 577 g/mol. The number of hydrogen-bond acceptors (Lipinski definition) is 7. The maximum atomic E-state index is 14.8. The molecule has 2 aromatic heterocycles. The van der Waals surface area contributed by atoms with E-state index < -0.39 is 24.8 Å². The summed E-state index contributed by atoms with van der Waals surface area (Å²) in [4.78, 5) is 18.1. The maximum absolute atomic E-state index is 14.8. The van der Waals surface area contributed by atoms with Crippen molar-refractivity contribution >= 4 is 38.7 Å². The van der Waals surface area contributed by atoms with E-state index in [0.717, 1.165) is 12.1 Å². The number of nitrogens with zero attached hydrogens (tertiary/aromatic N) is 2. The number of hydrogen-bond donors (Lipinski definition) is 3. The van der Waals surface area contributed by atoms with Crippen molar-refractivity contribution in [1.82, 2.24) is 15.2 Å². The average molecular weight is 578 g/mol. The Labute approximate surface area is 234 Å². The predicted octanol–water partition coefficient (Wildman–Crippen LogP) is 5.00. The highest BCUT2D eigenvalue weighted by molar-refractivity contribution is 7.20. The lowest BCUT2D eigenvalue weighted by Gasteiger charge is -2.33. The van der Waals surface area contributed by atoms with E-state index in [-0.39, 0.29) is 23.7 Å². The van der Waals surface area contributed by atoms with E-state index in [0.29, 0.717) is 45.1 Å². The number of likely N-dealkylation sites (tertiary alicyclic amines) is 1. The Bertz CT molecular complexity index is 1450. The van der Waals surface area contributed by atoms with Gasteiger partial charge in [-0.05, 0) is 36.9 Å². The molecular weight excluding hydrogens is 546 g/mol. The zero-order chi connectivity index (χ0) is 29.0. The molecule has 2 unspecified atom stereocenters. The molecule has 1 aliphatic rings. The number of carbonyl (C=O) groups excluding carboxylic acids is 1. The van der Waals surface area contributed by atoms with Crippen molar-refractivity contribution in [2.75, 3.05) is 51.5 Å². The van der Waals surface area contributed by atoms with Crippen LogP contribution in [0.3, 0.4) is 0 Å². The molecule has 7 nitrogen and oxygen atoms in total. The summed E-state index contributed by atoms with van der Waals surface area (Å²) in [5, 5.41) is 9.29. The first-order valence-corrected chi connectivity index (χ1v) is 13.5. The molecule has 12 heteroatoms. The fourth-order valence-corrected chi connectivity index (χ4v) is 5.88. The van der Waals surface area contributed by atoms with Crippen LogP contribution in [0.5, 0.6) is 5.75 Å². The minimum atomic E-state index is -4.43. The van der Waals surface area contributed by atoms with Crippen molar-refractivity contribution in [3.63, 3.8) is 0 Å². The van der Waals surface area contributed by atoms with Crippen LogP contribution in [0.25, 0.3) is 10.1 Å². The van der Waals surface area contributed by atoms with E-state index in [2.05, 4.69) is 32.8 Å². The molecule has 0 radical (unpaired) electrons. The number of pyridine rings is 1. The van der Waals surface area contributed by atoms with Gasteiger partial charge >= 0.3 is 6.18 Å². The van der Waals surface area contributed by atoms with Crippen LogP contribution in [0.4, 0.5) is 28.9 Å². The first-order chi connectivity index (χ1) is 19.0. The summed E-state index contributed by atoms with van der Waals surface area (Å²) >= 11 is 1.18. The highest BCUT2D eigenvalue weighted by atomic mass is 32.1. The van der Waals surface area contributed by atoms with Gasteiger partial charge in [0.2, 0.25) is 0 Å². The number of fused-ring (bicyclic) bond motifs is 1. The van der Waals surface area contributed by atoms with Gasteiger partial charge < -0.3 is 25.6 Å². The van der Waals surface area contributed by atoms with Crippen molar-refractivity contribution in [3.05, 3.63) is 46.1 Å². The molecule has 1 amide bonds. The summed E-state index contributed by atoms with van der Waals surface area (Å²) in [5.41, 5.74) is 2.26. The Balaban J connectivity index is 1.63. The van der Waals surface area contributed by atoms with Gasteiger partial charge in [0.15, 0.2) is 0 Å². The number of alkyl halides is 4. The molecule has 1 aromatic carbocycles. The van der Waals surface area contributed by atoms with Gasteiger partial charge in [-0.3, -0.25) is 4.79 Å². The number of benzene rings is 1. The van der Waals surface area contributed by atoms with E-state index in [1.54, 1.807) is 12.1 Å². The molecule has 1 saturated heterocycles. The summed E-state index contributed by atoms with van der Waals surface area (Å²) in [6, 6.07) is 4.50. The van der Waals surface area contributed by atoms with Crippen LogP contribution in [-0.2, 0) is 6.42 Å². The number of piperidine rings is 1. The van der Waals surface area contributed by atoms with Crippen LogP contribution in [-0.4, -0.2) is 75.0 Å². The number of rotatable bonds is 7. The number of carbonyl (C=O) groups is 1. The van der Waals surface area contributed by atoms with Crippen molar-refractivity contribution in [2.24, 2.45) is 0 Å². The number of anilines is 2. The number of nitrogens with one attached hydrogen (secondary N) is 3. The van der Waals surface area contributed by atoms with Crippen molar-refractivity contribution < 1.29 is 27.1 Å². The smallest absolute Gasteiger partial charge is 0.393 e. The number of methoxy groups -OCH3 is 1. The summed E-state index contributed by atoms with van der Waals surface area (Å²) in [5.74, 6) is 5.82. The molecule has 3 aromatic rings. The predicted molar refractivity (Wildman–Crippen MR) is 150 cm³/mol. The normalized spacial score (nSPS) is 17.7. The third kappa shape index (κ3) is 6.77. The largest absolute Gasteiger partial charge is 0.494 e. The second-order valence-corrected chi connectivity index (χ2v) is 10.7. The number of amides is 1. The fraction of sp³-hybridized carbons (Fsp3) is 0.429. The SMILES string of the molecule is CNC(=O)c1cc(OC)c(NCC#Cc2sc3c(NC4CCN(C)CC4F)c(C)ccc3c2CC(F)(F)F)cn1. The van der Waals surface area contributed by atoms with Gasteiger partial charge in [0, 0.05) is 26.2 Å². The molecule has 0 spiro atoms. The van der Waals surface area contributed by atoms with E-state index in [1.807, 2.05) is 18.9 Å². The summed E-state index contributed by atoms with van der Waals surface area (Å²) < 4.78 is 61.5. The second kappa shape index (κ2) is 12.3. The molecule has 4 rings (SSSR count). The molecule has 40 heavy (non-hydrogen) atoms. The molecule has 3 heterocycles. The van der Waals surface area contributed by atoms with Crippen LogP contribution in [0.15, 0.2) is 24.4 Å². The lowest BCUT2D eigenvalue weighted by molar-refractivity contribution is -0.126. The maximum Gasteiger partial charge on any atom is 0.393 e. The molecule has 0 aliphatic carbocycles. The van der Waals surface area contributed by atoms with E-state index in [9.17, 15) is 22.4 Å². The van der Waals surface area contributed by atoms with Gasteiger partial charge in [-0.1, -0.05) is 24.0 Å². The highest BCUT2D eigenvalue weighted by Gasteiger charge is 2.32. The summed E-state index contributed by atoms with van der Waals surface area (Å²) in [7, 11) is 4.81. The molecule has 1 aliphatic heterocycles. The quantitative estimate of drug-likeness (QED) is 0.271. The third-order valence-electron chi connectivity index (χ3n) is 6.74. The summed E-state index contributed by atoms with van der Waals surface area (Å²) in [6.45, 7) is 2.99. The van der Waals surface area contributed by atoms with Crippen LogP contribution < -0.4 is 20.7 Å². The van der Waals surface area contributed by atoms with Crippen LogP contribution in [0.2, 0.25) is 0 Å². The minimum Gasteiger partial charge on any atom is -0.494 e. The summed E-state index contributed by atoms with van der Waals surface area (Å²) in [6.07, 6.45) is -4.61. The first-order valence-electron chi connectivity index (χ1n) is 12.7. The Morgan fingerprint density at radius 1 is 1.32 bits per heavy atom. The molecule has 0 saturated carbocycles. The van der Waals surface area contributed by atoms with Crippen LogP contribution in [0.1, 0.15) is 32.9 Å². The molecular formula is C28H31F4N5O2S. The molecule has 0 bridgehead atoms. The Hall–Kier alpha value is -3.56. The van der Waals surface area contributed by atoms with Crippen molar-refractivity contribution in [3.8, 4) is 17.6 Å². The van der Waals surface area contributed by atoms with Gasteiger partial charge in [-0.15, -0.1) is 11.3 Å². The average Bonchev–Trinajstić information content (AvgIpc) is 3.24.